The maximum atomic E-state index is 11.2. The first-order chi connectivity index (χ1) is 5.93. The van der Waals surface area contributed by atoms with E-state index in [4.69, 9.17) is 0 Å². The van der Waals surface area contributed by atoms with Gasteiger partial charge < -0.3 is 5.32 Å². The van der Waals surface area contributed by atoms with Crippen molar-refractivity contribution in [3.63, 3.8) is 0 Å². The smallest absolute Gasteiger partial charge is 0.246 e. The van der Waals surface area contributed by atoms with Gasteiger partial charge in [-0.2, -0.15) is 11.8 Å². The molecule has 0 aromatic rings. The number of thioether (sulfide) groups is 1. The van der Waals surface area contributed by atoms with Crippen molar-refractivity contribution in [3.05, 3.63) is 12.2 Å². The number of amides is 1. The highest BCUT2D eigenvalue weighted by Gasteiger charge is 2.38. The molecule has 0 aromatic carbocycles. The number of rotatable bonds is 4. The molecule has 3 heteroatoms. The van der Waals surface area contributed by atoms with E-state index >= 15 is 0 Å². The zero-order valence-electron chi connectivity index (χ0n) is 8.52. The van der Waals surface area contributed by atoms with Crippen molar-refractivity contribution in [2.45, 2.75) is 26.0 Å². The van der Waals surface area contributed by atoms with E-state index in [2.05, 4.69) is 25.7 Å². The van der Waals surface area contributed by atoms with Gasteiger partial charge in [0.2, 0.25) is 5.91 Å². The van der Waals surface area contributed by atoms with Gasteiger partial charge in [-0.25, -0.2) is 0 Å². The average Bonchev–Trinajstić information content (AvgIpc) is 2.81. The molecule has 0 spiro atoms. The minimum atomic E-state index is -0.0290. The van der Waals surface area contributed by atoms with Crippen LogP contribution >= 0.6 is 11.8 Å². The van der Waals surface area contributed by atoms with Crippen LogP contribution in [0.4, 0.5) is 0 Å². The minimum absolute atomic E-state index is 0.0290. The van der Waals surface area contributed by atoms with Crippen LogP contribution in [0.5, 0.6) is 0 Å². The second-order valence-corrected chi connectivity index (χ2v) is 5.51. The first kappa shape index (κ1) is 10.6. The normalized spacial score (nSPS) is 21.0. The predicted octanol–water partition coefficient (Wildman–Crippen LogP) is 1.82. The Morgan fingerprint density at radius 2 is 2.23 bits per heavy atom. The summed E-state index contributed by atoms with van der Waals surface area (Å²) in [6.45, 7) is 10.5. The summed E-state index contributed by atoms with van der Waals surface area (Å²) in [6.07, 6.45) is 0. The van der Waals surface area contributed by atoms with Crippen molar-refractivity contribution in [2.24, 2.45) is 5.41 Å². The van der Waals surface area contributed by atoms with Crippen molar-refractivity contribution in [2.75, 3.05) is 12.3 Å². The molecule has 1 unspecified atom stereocenters. The summed E-state index contributed by atoms with van der Waals surface area (Å²) in [7, 11) is 0. The highest BCUT2D eigenvalue weighted by Crippen LogP contribution is 2.43. The molecule has 1 saturated heterocycles. The Bertz CT molecular complexity index is 231. The van der Waals surface area contributed by atoms with Crippen LogP contribution in [-0.2, 0) is 4.79 Å². The van der Waals surface area contributed by atoms with Gasteiger partial charge in [0.1, 0.15) is 0 Å². The molecule has 1 rings (SSSR count). The minimum Gasteiger partial charge on any atom is -0.352 e. The third kappa shape index (κ3) is 3.07. The molecular weight excluding hydrogens is 182 g/mol. The summed E-state index contributed by atoms with van der Waals surface area (Å²) in [6, 6.07) is 0. The molecule has 1 N–H and O–H groups in total. The molecular formula is C10H17NOS. The van der Waals surface area contributed by atoms with Gasteiger partial charge in [0, 0.05) is 23.1 Å². The van der Waals surface area contributed by atoms with Crippen molar-refractivity contribution >= 4 is 17.7 Å². The molecule has 74 valence electrons. The Morgan fingerprint density at radius 1 is 1.69 bits per heavy atom. The topological polar surface area (TPSA) is 29.1 Å². The zero-order chi connectivity index (χ0) is 10.1. The summed E-state index contributed by atoms with van der Waals surface area (Å²) < 4.78 is 0. The summed E-state index contributed by atoms with van der Waals surface area (Å²) in [5.41, 5.74) is 0.801. The highest BCUT2D eigenvalue weighted by atomic mass is 32.2. The number of carbonyl (C=O) groups excluding carboxylic acids is 1. The van der Waals surface area contributed by atoms with E-state index in [0.717, 1.165) is 11.8 Å². The number of hydrogen-bond acceptors (Lipinski definition) is 2. The van der Waals surface area contributed by atoms with Crippen LogP contribution in [0, 0.1) is 5.41 Å². The quantitative estimate of drug-likeness (QED) is 0.553. The van der Waals surface area contributed by atoms with Crippen molar-refractivity contribution in [1.82, 2.24) is 5.32 Å². The Balaban J connectivity index is 2.32. The van der Waals surface area contributed by atoms with Gasteiger partial charge in [0.05, 0.1) is 0 Å². The maximum Gasteiger partial charge on any atom is 0.246 e. The summed E-state index contributed by atoms with van der Waals surface area (Å²) in [4.78, 5) is 11.2. The molecule has 1 heterocycles. The van der Waals surface area contributed by atoms with Crippen LogP contribution < -0.4 is 5.32 Å². The molecule has 0 saturated carbocycles. The fourth-order valence-electron chi connectivity index (χ4n) is 1.07. The van der Waals surface area contributed by atoms with Crippen LogP contribution in [0.25, 0.3) is 0 Å². The predicted molar refractivity (Wildman–Crippen MR) is 57.9 cm³/mol. The largest absolute Gasteiger partial charge is 0.352 e. The Labute approximate surface area is 84.2 Å². The molecule has 1 atom stereocenters. The lowest BCUT2D eigenvalue weighted by Gasteiger charge is -2.23. The van der Waals surface area contributed by atoms with Gasteiger partial charge in [-0.3, -0.25) is 4.79 Å². The first-order valence-electron chi connectivity index (χ1n) is 4.49. The maximum absolute atomic E-state index is 11.2. The van der Waals surface area contributed by atoms with Gasteiger partial charge in [0.15, 0.2) is 0 Å². The zero-order valence-corrected chi connectivity index (χ0v) is 9.33. The van der Waals surface area contributed by atoms with E-state index in [1.807, 2.05) is 11.8 Å². The van der Waals surface area contributed by atoms with Gasteiger partial charge in [-0.05, 0) is 12.3 Å². The lowest BCUT2D eigenvalue weighted by Crippen LogP contribution is -2.36. The molecule has 1 amide bonds. The SMILES string of the molecule is C=C(C)C(=O)NCC(C)(C)C1CS1. The summed E-state index contributed by atoms with van der Waals surface area (Å²) >= 11 is 1.96. The van der Waals surface area contributed by atoms with E-state index in [9.17, 15) is 4.79 Å². The third-order valence-corrected chi connectivity index (χ3v) is 3.60. The van der Waals surface area contributed by atoms with Crippen LogP contribution in [0.3, 0.4) is 0 Å². The summed E-state index contributed by atoms with van der Waals surface area (Å²) in [5.74, 6) is 1.20. The molecule has 0 aromatic heterocycles. The molecule has 0 bridgehead atoms. The summed E-state index contributed by atoms with van der Waals surface area (Å²) in [5, 5.41) is 3.61. The van der Waals surface area contributed by atoms with Crippen molar-refractivity contribution in [3.8, 4) is 0 Å². The average molecular weight is 199 g/mol. The van der Waals surface area contributed by atoms with Crippen LogP contribution in [0.15, 0.2) is 12.2 Å². The van der Waals surface area contributed by atoms with E-state index in [-0.39, 0.29) is 11.3 Å². The van der Waals surface area contributed by atoms with Gasteiger partial charge in [0.25, 0.3) is 0 Å². The number of carbonyl (C=O) groups is 1. The van der Waals surface area contributed by atoms with E-state index < -0.39 is 0 Å². The van der Waals surface area contributed by atoms with Crippen LogP contribution in [-0.4, -0.2) is 23.5 Å². The second kappa shape index (κ2) is 3.74. The Morgan fingerprint density at radius 3 is 2.62 bits per heavy atom. The van der Waals surface area contributed by atoms with Crippen molar-refractivity contribution < 1.29 is 4.79 Å². The third-order valence-electron chi connectivity index (χ3n) is 2.30. The highest BCUT2D eigenvalue weighted by molar-refractivity contribution is 8.06. The van der Waals surface area contributed by atoms with Gasteiger partial charge in [-0.1, -0.05) is 20.4 Å². The molecule has 1 aliphatic rings. The second-order valence-electron chi connectivity index (χ2n) is 4.27. The van der Waals surface area contributed by atoms with E-state index in [0.29, 0.717) is 5.57 Å². The number of nitrogens with one attached hydrogen (secondary N) is 1. The van der Waals surface area contributed by atoms with E-state index in [1.54, 1.807) is 6.92 Å². The van der Waals surface area contributed by atoms with Gasteiger partial charge in [-0.15, -0.1) is 0 Å². The van der Waals surface area contributed by atoms with Crippen LogP contribution in [0.1, 0.15) is 20.8 Å². The van der Waals surface area contributed by atoms with Gasteiger partial charge >= 0.3 is 0 Å². The molecule has 1 fully saturated rings. The fourth-order valence-corrected chi connectivity index (χ4v) is 2.15. The molecule has 2 nitrogen and oxygen atoms in total. The van der Waals surface area contributed by atoms with Crippen molar-refractivity contribution in [1.29, 1.82) is 0 Å². The number of hydrogen-bond donors (Lipinski definition) is 1. The Hall–Kier alpha value is -0.440. The Kier molecular flexibility index (Phi) is 3.06. The molecule has 1 aliphatic heterocycles. The standard InChI is InChI=1S/C10H17NOS/c1-7(2)9(12)11-6-10(3,4)8-5-13-8/h8H,1,5-6H2,2-4H3,(H,11,12). The lowest BCUT2D eigenvalue weighted by atomic mass is 9.90. The molecule has 0 radical (unpaired) electrons. The molecule has 0 aliphatic carbocycles. The monoisotopic (exact) mass is 199 g/mol. The fraction of sp³-hybridized carbons (Fsp3) is 0.700. The van der Waals surface area contributed by atoms with E-state index in [1.165, 1.54) is 5.75 Å². The molecule has 13 heavy (non-hydrogen) atoms. The lowest BCUT2D eigenvalue weighted by molar-refractivity contribution is -0.117. The first-order valence-corrected chi connectivity index (χ1v) is 5.53. The van der Waals surface area contributed by atoms with Crippen LogP contribution in [0.2, 0.25) is 0 Å².